The zero-order valence-corrected chi connectivity index (χ0v) is 6.54. The number of nitrogens with zero attached hydrogens (tertiary/aromatic N) is 1. The second-order valence-corrected chi connectivity index (χ2v) is 2.65. The van der Waals surface area contributed by atoms with Crippen molar-refractivity contribution in [1.82, 2.24) is 0 Å². The van der Waals surface area contributed by atoms with Crippen molar-refractivity contribution < 1.29 is 9.47 Å². The van der Waals surface area contributed by atoms with Crippen molar-refractivity contribution >= 4 is 0 Å². The molecular formula is C8H11NO2. The maximum atomic E-state index is 8.28. The van der Waals surface area contributed by atoms with Gasteiger partial charge in [-0.1, -0.05) is 0 Å². The average molecular weight is 153 g/mol. The molecule has 0 aromatic rings. The third kappa shape index (κ3) is 2.15. The Labute approximate surface area is 66.2 Å². The first-order valence-electron chi connectivity index (χ1n) is 3.64. The molecule has 0 aromatic carbocycles. The van der Waals surface area contributed by atoms with Gasteiger partial charge in [0, 0.05) is 19.8 Å². The summed E-state index contributed by atoms with van der Waals surface area (Å²) in [6.45, 7) is 1.87. The summed E-state index contributed by atoms with van der Waals surface area (Å²) in [5.74, 6) is -0.517. The maximum absolute atomic E-state index is 8.28. The van der Waals surface area contributed by atoms with E-state index in [1.807, 2.05) is 6.92 Å². The number of unbranched alkanes of at least 4 members (excludes halogenated alkanes) is 1. The number of nitriles is 1. The van der Waals surface area contributed by atoms with Gasteiger partial charge in [0.15, 0.2) is 0 Å². The molecule has 0 amide bonds. The Morgan fingerprint density at radius 3 is 2.64 bits per heavy atom. The van der Waals surface area contributed by atoms with Crippen LogP contribution in [0.2, 0.25) is 0 Å². The molecule has 60 valence electrons. The van der Waals surface area contributed by atoms with Crippen LogP contribution in [0.15, 0.2) is 12.5 Å². The van der Waals surface area contributed by atoms with E-state index < -0.39 is 5.79 Å². The van der Waals surface area contributed by atoms with E-state index in [1.165, 1.54) is 12.5 Å². The molecule has 0 unspecified atom stereocenters. The largest absolute Gasteiger partial charge is 0.457 e. The average Bonchev–Trinajstić information content (AvgIpc) is 2.38. The number of rotatable bonds is 3. The van der Waals surface area contributed by atoms with E-state index in [0.717, 1.165) is 12.8 Å². The number of hydrogen-bond acceptors (Lipinski definition) is 3. The third-order valence-corrected chi connectivity index (χ3v) is 1.61. The molecule has 0 aromatic heterocycles. The summed E-state index contributed by atoms with van der Waals surface area (Å²) in [6, 6.07) is 2.08. The van der Waals surface area contributed by atoms with Gasteiger partial charge in [-0.05, 0) is 6.42 Å². The number of hydrogen-bond donors (Lipinski definition) is 0. The first-order valence-corrected chi connectivity index (χ1v) is 3.64. The SMILES string of the molecule is CC1(CCCC#N)OC=CO1. The first kappa shape index (κ1) is 7.93. The van der Waals surface area contributed by atoms with Gasteiger partial charge < -0.3 is 9.47 Å². The molecule has 11 heavy (non-hydrogen) atoms. The van der Waals surface area contributed by atoms with Crippen LogP contribution < -0.4 is 0 Å². The molecule has 3 nitrogen and oxygen atoms in total. The molecule has 0 saturated carbocycles. The molecule has 0 bridgehead atoms. The molecule has 0 N–H and O–H groups in total. The van der Waals surface area contributed by atoms with E-state index in [2.05, 4.69) is 6.07 Å². The fourth-order valence-electron chi connectivity index (χ4n) is 0.978. The minimum atomic E-state index is -0.517. The van der Waals surface area contributed by atoms with Crippen molar-refractivity contribution in [3.8, 4) is 6.07 Å². The second kappa shape index (κ2) is 3.29. The van der Waals surface area contributed by atoms with Gasteiger partial charge in [-0.2, -0.15) is 5.26 Å². The van der Waals surface area contributed by atoms with E-state index in [0.29, 0.717) is 6.42 Å². The fourth-order valence-corrected chi connectivity index (χ4v) is 0.978. The van der Waals surface area contributed by atoms with Gasteiger partial charge in [-0.25, -0.2) is 0 Å². The molecule has 1 rings (SSSR count). The fraction of sp³-hybridized carbons (Fsp3) is 0.625. The van der Waals surface area contributed by atoms with Crippen LogP contribution in [0.3, 0.4) is 0 Å². The Balaban J connectivity index is 2.21. The lowest BCUT2D eigenvalue weighted by Gasteiger charge is -2.21. The van der Waals surface area contributed by atoms with Crippen LogP contribution in [0, 0.1) is 11.3 Å². The zero-order chi connectivity index (χ0) is 8.16. The van der Waals surface area contributed by atoms with Crippen LogP contribution in [-0.4, -0.2) is 5.79 Å². The molecule has 1 aliphatic rings. The van der Waals surface area contributed by atoms with Crippen molar-refractivity contribution in [3.05, 3.63) is 12.5 Å². The van der Waals surface area contributed by atoms with Crippen LogP contribution in [0.25, 0.3) is 0 Å². The molecule has 1 heterocycles. The van der Waals surface area contributed by atoms with Crippen LogP contribution >= 0.6 is 0 Å². The summed E-state index contributed by atoms with van der Waals surface area (Å²) in [5, 5.41) is 8.28. The van der Waals surface area contributed by atoms with Crippen molar-refractivity contribution in [2.24, 2.45) is 0 Å². The van der Waals surface area contributed by atoms with Gasteiger partial charge in [0.1, 0.15) is 12.5 Å². The molecular weight excluding hydrogens is 142 g/mol. The summed E-state index contributed by atoms with van der Waals surface area (Å²) in [4.78, 5) is 0. The highest BCUT2D eigenvalue weighted by Crippen LogP contribution is 2.25. The van der Waals surface area contributed by atoms with Gasteiger partial charge in [0.05, 0.1) is 6.07 Å². The van der Waals surface area contributed by atoms with E-state index >= 15 is 0 Å². The van der Waals surface area contributed by atoms with Crippen molar-refractivity contribution in [2.45, 2.75) is 32.0 Å². The molecule has 0 radical (unpaired) electrons. The monoisotopic (exact) mass is 153 g/mol. The molecule has 0 spiro atoms. The Bertz CT molecular complexity index is 185. The predicted octanol–water partition coefficient (Wildman–Crippen LogP) is 1.91. The molecule has 0 atom stereocenters. The van der Waals surface area contributed by atoms with E-state index in [1.54, 1.807) is 0 Å². The highest BCUT2D eigenvalue weighted by Gasteiger charge is 2.28. The number of ether oxygens (including phenoxy) is 2. The minimum Gasteiger partial charge on any atom is -0.457 e. The Kier molecular flexibility index (Phi) is 2.37. The zero-order valence-electron chi connectivity index (χ0n) is 6.54. The van der Waals surface area contributed by atoms with E-state index in [4.69, 9.17) is 14.7 Å². The first-order chi connectivity index (χ1) is 5.27. The maximum Gasteiger partial charge on any atom is 0.247 e. The highest BCUT2D eigenvalue weighted by molar-refractivity contribution is 4.81. The van der Waals surface area contributed by atoms with Crippen LogP contribution in [0.4, 0.5) is 0 Å². The van der Waals surface area contributed by atoms with Crippen LogP contribution in [0.1, 0.15) is 26.2 Å². The lowest BCUT2D eigenvalue weighted by atomic mass is 10.1. The van der Waals surface area contributed by atoms with Crippen molar-refractivity contribution in [3.63, 3.8) is 0 Å². The normalized spacial score (nSPS) is 18.5. The second-order valence-electron chi connectivity index (χ2n) is 2.65. The predicted molar refractivity (Wildman–Crippen MR) is 39.2 cm³/mol. The summed E-state index contributed by atoms with van der Waals surface area (Å²) in [7, 11) is 0. The Hall–Kier alpha value is -1.17. The molecule has 1 aliphatic heterocycles. The van der Waals surface area contributed by atoms with Gasteiger partial charge in [0.25, 0.3) is 0 Å². The van der Waals surface area contributed by atoms with E-state index in [9.17, 15) is 0 Å². The molecule has 3 heteroatoms. The highest BCUT2D eigenvalue weighted by atomic mass is 16.7. The summed E-state index contributed by atoms with van der Waals surface area (Å²) in [6.07, 6.45) is 5.20. The topological polar surface area (TPSA) is 42.2 Å². The Morgan fingerprint density at radius 1 is 1.45 bits per heavy atom. The van der Waals surface area contributed by atoms with Crippen LogP contribution in [0.5, 0.6) is 0 Å². The van der Waals surface area contributed by atoms with Gasteiger partial charge in [-0.3, -0.25) is 0 Å². The quantitative estimate of drug-likeness (QED) is 0.581. The van der Waals surface area contributed by atoms with Crippen LogP contribution in [-0.2, 0) is 9.47 Å². The minimum absolute atomic E-state index is 0.517. The van der Waals surface area contributed by atoms with Crippen molar-refractivity contribution in [2.75, 3.05) is 0 Å². The Morgan fingerprint density at radius 2 is 2.09 bits per heavy atom. The van der Waals surface area contributed by atoms with E-state index in [-0.39, 0.29) is 0 Å². The summed E-state index contributed by atoms with van der Waals surface area (Å²) < 4.78 is 10.3. The van der Waals surface area contributed by atoms with Gasteiger partial charge in [-0.15, -0.1) is 0 Å². The molecule has 0 aliphatic carbocycles. The summed E-state index contributed by atoms with van der Waals surface area (Å²) in [5.41, 5.74) is 0. The van der Waals surface area contributed by atoms with Gasteiger partial charge >= 0.3 is 0 Å². The molecule has 0 fully saturated rings. The third-order valence-electron chi connectivity index (χ3n) is 1.61. The standard InChI is InChI=1S/C8H11NO2/c1-8(4-2-3-5-9)10-6-7-11-8/h6-7H,2-4H2,1H3. The smallest absolute Gasteiger partial charge is 0.247 e. The van der Waals surface area contributed by atoms with Crippen molar-refractivity contribution in [1.29, 1.82) is 5.26 Å². The van der Waals surface area contributed by atoms with Gasteiger partial charge in [0.2, 0.25) is 5.79 Å². The summed E-state index contributed by atoms with van der Waals surface area (Å²) >= 11 is 0. The molecule has 0 saturated heterocycles. The lowest BCUT2D eigenvalue weighted by molar-refractivity contribution is -0.131. The lowest BCUT2D eigenvalue weighted by Crippen LogP contribution is -2.24.